The zero-order valence-corrected chi connectivity index (χ0v) is 28.3. The van der Waals surface area contributed by atoms with Gasteiger partial charge in [-0.05, 0) is 93.0 Å². The Balaban J connectivity index is 1.09. The molecule has 3 saturated heterocycles. The summed E-state index contributed by atoms with van der Waals surface area (Å²) in [6.07, 6.45) is 4.49. The van der Waals surface area contributed by atoms with E-state index < -0.39 is 0 Å². The second-order valence-corrected chi connectivity index (χ2v) is 13.9. The van der Waals surface area contributed by atoms with Gasteiger partial charge in [0.2, 0.25) is 5.91 Å². The van der Waals surface area contributed by atoms with Gasteiger partial charge in [0.25, 0.3) is 5.91 Å². The van der Waals surface area contributed by atoms with Gasteiger partial charge >= 0.3 is 0 Å². The van der Waals surface area contributed by atoms with E-state index in [1.165, 1.54) is 11.3 Å². The van der Waals surface area contributed by atoms with Gasteiger partial charge in [-0.1, -0.05) is 42.5 Å². The topological polar surface area (TPSA) is 76.6 Å². The summed E-state index contributed by atoms with van der Waals surface area (Å²) >= 11 is 0. The molecule has 1 N–H and O–H groups in total. The number of phenols is 1. The molecule has 3 aromatic rings. The first kappa shape index (κ1) is 33.0. The van der Waals surface area contributed by atoms with Gasteiger partial charge in [0.15, 0.2) is 0 Å². The van der Waals surface area contributed by atoms with Crippen molar-refractivity contribution >= 4 is 17.5 Å². The number of carbonyl (C=O) groups excluding carboxylic acids is 2. The van der Waals surface area contributed by atoms with Crippen molar-refractivity contribution < 1.29 is 19.4 Å². The number of benzene rings is 3. The van der Waals surface area contributed by atoms with Crippen LogP contribution in [0.25, 0.3) is 0 Å². The predicted octanol–water partition coefficient (Wildman–Crippen LogP) is 5.58. The van der Waals surface area contributed by atoms with Crippen LogP contribution in [0.5, 0.6) is 5.75 Å². The second kappa shape index (κ2) is 14.5. The molecule has 47 heavy (non-hydrogen) atoms. The molecule has 3 aromatic carbocycles. The number of nitrogens with zero attached hydrogens (tertiary/aromatic N) is 4. The highest BCUT2D eigenvalue weighted by Gasteiger charge is 2.39. The van der Waals surface area contributed by atoms with Crippen LogP contribution in [0.2, 0.25) is 0 Å². The maximum Gasteiger partial charge on any atom is 0.254 e. The molecule has 8 nitrogen and oxygen atoms in total. The minimum absolute atomic E-state index is 0.0692. The molecule has 0 spiro atoms. The molecule has 0 unspecified atom stereocenters. The van der Waals surface area contributed by atoms with Crippen LogP contribution in [0.1, 0.15) is 65.2 Å². The summed E-state index contributed by atoms with van der Waals surface area (Å²) in [5.41, 5.74) is 6.01. The third-order valence-electron chi connectivity index (χ3n) is 10.7. The molecule has 250 valence electrons. The van der Waals surface area contributed by atoms with Crippen LogP contribution in [-0.4, -0.2) is 95.7 Å². The molecular weight excluding hydrogens is 588 g/mol. The van der Waals surface area contributed by atoms with Crippen molar-refractivity contribution in [3.05, 3.63) is 94.5 Å². The molecule has 3 aliphatic heterocycles. The summed E-state index contributed by atoms with van der Waals surface area (Å²) in [5.74, 6) is 0.458. The Hall–Kier alpha value is -3.88. The normalized spacial score (nSPS) is 19.0. The molecule has 3 heterocycles. The zero-order chi connectivity index (χ0) is 33.0. The van der Waals surface area contributed by atoms with Crippen molar-refractivity contribution in [2.75, 3.05) is 57.4 Å². The number of likely N-dealkylation sites (tertiary alicyclic amines) is 2. The SMILES string of the molecule is Cc1cc(O)cc(C)c1C(=O)N1CCC(C)(N2CCC(N(Cc3ccccc3)c3ccc(CC(=O)N4CCOCC4)cc3)CC2)CC1. The van der Waals surface area contributed by atoms with Gasteiger partial charge in [0.05, 0.1) is 19.6 Å². The van der Waals surface area contributed by atoms with E-state index in [1.54, 1.807) is 12.1 Å². The van der Waals surface area contributed by atoms with Crippen molar-refractivity contribution in [2.45, 2.75) is 71.0 Å². The number of piperidine rings is 2. The van der Waals surface area contributed by atoms with Crippen molar-refractivity contribution in [2.24, 2.45) is 0 Å². The van der Waals surface area contributed by atoms with E-state index >= 15 is 0 Å². The van der Waals surface area contributed by atoms with Crippen LogP contribution >= 0.6 is 0 Å². The van der Waals surface area contributed by atoms with Crippen LogP contribution in [0, 0.1) is 13.8 Å². The standard InChI is InChI=1S/C39H50N4O4/c1-29-25-35(44)26-30(2)37(29)38(46)41-19-15-39(3,16-20-41)42-17-13-34(14-18-42)43(28-32-7-5-4-6-8-32)33-11-9-31(10-12-33)27-36(45)40-21-23-47-24-22-40/h4-12,25-26,34,44H,13-24,27-28H2,1-3H3. The molecule has 0 atom stereocenters. The van der Waals surface area contributed by atoms with E-state index in [1.807, 2.05) is 23.6 Å². The molecule has 0 saturated carbocycles. The lowest BCUT2D eigenvalue weighted by Crippen LogP contribution is -2.58. The Labute approximate surface area is 279 Å². The van der Waals surface area contributed by atoms with E-state index in [0.29, 0.717) is 38.8 Å². The molecule has 6 rings (SSSR count). The molecular formula is C39H50N4O4. The van der Waals surface area contributed by atoms with Gasteiger partial charge in [0.1, 0.15) is 5.75 Å². The van der Waals surface area contributed by atoms with Crippen LogP contribution in [0.4, 0.5) is 5.69 Å². The summed E-state index contributed by atoms with van der Waals surface area (Å²) in [6.45, 7) is 13.2. The number of rotatable bonds is 8. The van der Waals surface area contributed by atoms with Gasteiger partial charge in [-0.15, -0.1) is 0 Å². The number of carbonyl (C=O) groups is 2. The lowest BCUT2D eigenvalue weighted by atomic mass is 9.85. The Kier molecular flexibility index (Phi) is 10.2. The first-order chi connectivity index (χ1) is 22.7. The monoisotopic (exact) mass is 638 g/mol. The number of anilines is 1. The van der Waals surface area contributed by atoms with E-state index in [0.717, 1.165) is 80.7 Å². The number of morpholine rings is 1. The van der Waals surface area contributed by atoms with Crippen LogP contribution < -0.4 is 4.90 Å². The van der Waals surface area contributed by atoms with Crippen LogP contribution in [0.3, 0.4) is 0 Å². The van der Waals surface area contributed by atoms with E-state index in [-0.39, 0.29) is 23.1 Å². The number of amides is 2. The molecule has 0 radical (unpaired) electrons. The summed E-state index contributed by atoms with van der Waals surface area (Å²) in [5, 5.41) is 9.95. The maximum absolute atomic E-state index is 13.5. The molecule has 0 aliphatic carbocycles. The fourth-order valence-electron chi connectivity index (χ4n) is 7.78. The quantitative estimate of drug-likeness (QED) is 0.348. The maximum atomic E-state index is 13.5. The number of aromatic hydroxyl groups is 1. The molecule has 8 heteroatoms. The smallest absolute Gasteiger partial charge is 0.254 e. The third kappa shape index (κ3) is 7.65. The van der Waals surface area contributed by atoms with Gasteiger partial charge in [-0.3, -0.25) is 14.5 Å². The van der Waals surface area contributed by atoms with Crippen molar-refractivity contribution in [1.82, 2.24) is 14.7 Å². The fraction of sp³-hybridized carbons (Fsp3) is 0.487. The Bertz CT molecular complexity index is 1500. The minimum Gasteiger partial charge on any atom is -0.508 e. The van der Waals surface area contributed by atoms with Crippen molar-refractivity contribution in [1.29, 1.82) is 0 Å². The summed E-state index contributed by atoms with van der Waals surface area (Å²) in [4.78, 5) is 35.5. The predicted molar refractivity (Wildman–Crippen MR) is 186 cm³/mol. The largest absolute Gasteiger partial charge is 0.508 e. The highest BCUT2D eigenvalue weighted by molar-refractivity contribution is 5.97. The highest BCUT2D eigenvalue weighted by atomic mass is 16.5. The third-order valence-corrected chi connectivity index (χ3v) is 10.7. The molecule has 3 aliphatic rings. The number of aryl methyl sites for hydroxylation is 2. The Morgan fingerprint density at radius 1 is 0.830 bits per heavy atom. The van der Waals surface area contributed by atoms with Gasteiger partial charge in [-0.25, -0.2) is 0 Å². The average molecular weight is 639 g/mol. The summed E-state index contributed by atoms with van der Waals surface area (Å²) in [6, 6.07) is 23.1. The number of ether oxygens (including phenoxy) is 1. The fourth-order valence-corrected chi connectivity index (χ4v) is 7.78. The van der Waals surface area contributed by atoms with E-state index in [2.05, 4.69) is 71.3 Å². The lowest BCUT2D eigenvalue weighted by Gasteiger charge is -2.50. The lowest BCUT2D eigenvalue weighted by molar-refractivity contribution is -0.134. The Morgan fingerprint density at radius 3 is 2.06 bits per heavy atom. The summed E-state index contributed by atoms with van der Waals surface area (Å²) in [7, 11) is 0. The minimum atomic E-state index is 0.0692. The van der Waals surface area contributed by atoms with E-state index in [9.17, 15) is 14.7 Å². The van der Waals surface area contributed by atoms with Gasteiger partial charge < -0.3 is 24.5 Å². The highest BCUT2D eigenvalue weighted by Crippen LogP contribution is 2.35. The van der Waals surface area contributed by atoms with Gasteiger partial charge in [0, 0.05) is 68.6 Å². The van der Waals surface area contributed by atoms with Crippen molar-refractivity contribution in [3.8, 4) is 5.75 Å². The first-order valence-electron chi connectivity index (χ1n) is 17.3. The van der Waals surface area contributed by atoms with Gasteiger partial charge in [-0.2, -0.15) is 0 Å². The van der Waals surface area contributed by atoms with Crippen LogP contribution in [-0.2, 0) is 22.5 Å². The molecule has 0 aromatic heterocycles. The van der Waals surface area contributed by atoms with Crippen molar-refractivity contribution in [3.63, 3.8) is 0 Å². The average Bonchev–Trinajstić information content (AvgIpc) is 3.08. The van der Waals surface area contributed by atoms with E-state index in [4.69, 9.17) is 4.74 Å². The molecule has 2 amide bonds. The molecule has 3 fully saturated rings. The number of hydrogen-bond donors (Lipinski definition) is 1. The number of phenolic OH excluding ortho intramolecular Hbond substituents is 1. The van der Waals surface area contributed by atoms with Crippen LogP contribution in [0.15, 0.2) is 66.7 Å². The second-order valence-electron chi connectivity index (χ2n) is 13.9. The number of hydrogen-bond acceptors (Lipinski definition) is 6. The zero-order valence-electron chi connectivity index (χ0n) is 28.3. The first-order valence-corrected chi connectivity index (χ1v) is 17.3. The molecule has 0 bridgehead atoms. The Morgan fingerprint density at radius 2 is 1.45 bits per heavy atom. The summed E-state index contributed by atoms with van der Waals surface area (Å²) < 4.78 is 5.41.